The lowest BCUT2D eigenvalue weighted by atomic mass is 10.1. The SMILES string of the molecule is COc1ccc(/C=C(\NC(=O)c2ccc(Br)o2)C(=O)Nc2cccc(C(=O)[O-])c2)cc1. The minimum atomic E-state index is -1.37. The molecular weight excluding hydrogens is 468 g/mol. The van der Waals surface area contributed by atoms with E-state index < -0.39 is 17.8 Å². The van der Waals surface area contributed by atoms with Crippen LogP contribution in [0.2, 0.25) is 0 Å². The molecule has 0 spiro atoms. The number of carbonyl (C=O) groups is 3. The molecule has 2 N–H and O–H groups in total. The lowest BCUT2D eigenvalue weighted by molar-refractivity contribution is -0.255. The van der Waals surface area contributed by atoms with Gasteiger partial charge in [-0.3, -0.25) is 9.59 Å². The van der Waals surface area contributed by atoms with Gasteiger partial charge in [0.05, 0.1) is 13.1 Å². The van der Waals surface area contributed by atoms with Gasteiger partial charge in [-0.15, -0.1) is 0 Å². The number of amides is 2. The normalized spacial score (nSPS) is 11.0. The van der Waals surface area contributed by atoms with Gasteiger partial charge in [0.15, 0.2) is 10.4 Å². The molecule has 0 fully saturated rings. The number of hydrogen-bond acceptors (Lipinski definition) is 6. The molecule has 0 aliphatic carbocycles. The first-order valence-electron chi connectivity index (χ1n) is 8.91. The number of furan rings is 1. The largest absolute Gasteiger partial charge is 0.545 e. The summed E-state index contributed by atoms with van der Waals surface area (Å²) in [5, 5.41) is 16.1. The molecule has 0 saturated heterocycles. The van der Waals surface area contributed by atoms with Crippen molar-refractivity contribution < 1.29 is 28.6 Å². The third-order valence-electron chi connectivity index (χ3n) is 4.07. The van der Waals surface area contributed by atoms with Crippen LogP contribution in [-0.2, 0) is 4.79 Å². The summed E-state index contributed by atoms with van der Waals surface area (Å²) in [5.41, 5.74) is 0.669. The van der Waals surface area contributed by atoms with Crippen molar-refractivity contribution in [2.45, 2.75) is 0 Å². The predicted octanol–water partition coefficient (Wildman–Crippen LogP) is 2.82. The fourth-order valence-corrected chi connectivity index (χ4v) is 2.87. The Kier molecular flexibility index (Phi) is 6.88. The minimum absolute atomic E-state index is 0.000690. The van der Waals surface area contributed by atoms with Crippen LogP contribution in [0.15, 0.2) is 75.4 Å². The molecular formula is C22H16BrN2O6-. The van der Waals surface area contributed by atoms with Crippen LogP contribution in [0.25, 0.3) is 6.08 Å². The maximum atomic E-state index is 12.9. The van der Waals surface area contributed by atoms with Crippen molar-refractivity contribution in [3.05, 3.63) is 87.9 Å². The highest BCUT2D eigenvalue weighted by molar-refractivity contribution is 9.10. The Balaban J connectivity index is 1.89. The molecule has 3 rings (SSSR count). The Morgan fingerprint density at radius 1 is 1.06 bits per heavy atom. The van der Waals surface area contributed by atoms with E-state index in [2.05, 4.69) is 26.6 Å². The second kappa shape index (κ2) is 9.77. The van der Waals surface area contributed by atoms with E-state index in [0.717, 1.165) is 0 Å². The maximum Gasteiger partial charge on any atom is 0.291 e. The molecule has 0 unspecified atom stereocenters. The van der Waals surface area contributed by atoms with E-state index in [-0.39, 0.29) is 22.7 Å². The van der Waals surface area contributed by atoms with Crippen molar-refractivity contribution in [1.82, 2.24) is 5.32 Å². The first-order valence-corrected chi connectivity index (χ1v) is 9.70. The summed E-state index contributed by atoms with van der Waals surface area (Å²) in [5.74, 6) is -2.04. The van der Waals surface area contributed by atoms with Crippen LogP contribution in [0.4, 0.5) is 5.69 Å². The fraction of sp³-hybridized carbons (Fsp3) is 0.0455. The Morgan fingerprint density at radius 3 is 2.42 bits per heavy atom. The molecule has 2 aromatic carbocycles. The number of carboxylic acids is 1. The highest BCUT2D eigenvalue weighted by Crippen LogP contribution is 2.17. The van der Waals surface area contributed by atoms with Crippen LogP contribution in [0.3, 0.4) is 0 Å². The number of halogens is 1. The molecule has 158 valence electrons. The Bertz CT molecular complexity index is 1150. The summed E-state index contributed by atoms with van der Waals surface area (Å²) in [6, 6.07) is 15.4. The van der Waals surface area contributed by atoms with E-state index in [1.54, 1.807) is 30.3 Å². The number of rotatable bonds is 7. The van der Waals surface area contributed by atoms with Gasteiger partial charge >= 0.3 is 0 Å². The highest BCUT2D eigenvalue weighted by atomic mass is 79.9. The number of nitrogens with one attached hydrogen (secondary N) is 2. The Morgan fingerprint density at radius 2 is 1.81 bits per heavy atom. The molecule has 0 saturated carbocycles. The van der Waals surface area contributed by atoms with E-state index >= 15 is 0 Å². The zero-order valence-electron chi connectivity index (χ0n) is 16.2. The molecule has 9 heteroatoms. The first kappa shape index (κ1) is 21.8. The van der Waals surface area contributed by atoms with Crippen LogP contribution in [-0.4, -0.2) is 24.9 Å². The van der Waals surface area contributed by atoms with Gasteiger partial charge in [0.25, 0.3) is 11.8 Å². The second-order valence-electron chi connectivity index (χ2n) is 6.21. The van der Waals surface area contributed by atoms with E-state index in [1.165, 1.54) is 43.5 Å². The van der Waals surface area contributed by atoms with Crippen molar-refractivity contribution in [3.63, 3.8) is 0 Å². The number of anilines is 1. The van der Waals surface area contributed by atoms with E-state index in [4.69, 9.17) is 9.15 Å². The molecule has 0 bridgehead atoms. The van der Waals surface area contributed by atoms with Gasteiger partial charge < -0.3 is 29.7 Å². The average Bonchev–Trinajstić information content (AvgIpc) is 3.20. The smallest absolute Gasteiger partial charge is 0.291 e. The number of hydrogen-bond donors (Lipinski definition) is 2. The van der Waals surface area contributed by atoms with E-state index in [1.807, 2.05) is 0 Å². The van der Waals surface area contributed by atoms with Crippen molar-refractivity contribution in [2.24, 2.45) is 0 Å². The molecule has 2 amide bonds. The molecule has 0 radical (unpaired) electrons. The first-order chi connectivity index (χ1) is 14.9. The second-order valence-corrected chi connectivity index (χ2v) is 6.99. The van der Waals surface area contributed by atoms with Crippen LogP contribution in [0.5, 0.6) is 5.75 Å². The fourth-order valence-electron chi connectivity index (χ4n) is 2.57. The lowest BCUT2D eigenvalue weighted by Crippen LogP contribution is -2.30. The van der Waals surface area contributed by atoms with Crippen molar-refractivity contribution in [3.8, 4) is 5.75 Å². The molecule has 0 atom stereocenters. The number of carboxylic acid groups (broad SMARTS) is 1. The molecule has 3 aromatic rings. The van der Waals surface area contributed by atoms with Crippen molar-refractivity contribution in [1.29, 1.82) is 0 Å². The van der Waals surface area contributed by atoms with E-state index in [9.17, 15) is 19.5 Å². The summed E-state index contributed by atoms with van der Waals surface area (Å²) in [4.78, 5) is 36.4. The standard InChI is InChI=1S/C22H17BrN2O6/c1-30-16-7-5-13(6-8-16)11-17(25-21(27)18-9-10-19(23)31-18)20(26)24-15-4-2-3-14(12-15)22(28)29/h2-12H,1H3,(H,24,26)(H,25,27)(H,28,29)/p-1/b17-11-. The summed E-state index contributed by atoms with van der Waals surface area (Å²) in [7, 11) is 1.53. The quantitative estimate of drug-likeness (QED) is 0.498. The molecule has 0 aliphatic heterocycles. The third-order valence-corrected chi connectivity index (χ3v) is 4.50. The van der Waals surface area contributed by atoms with Crippen LogP contribution in [0, 0.1) is 0 Å². The molecule has 0 aliphatic rings. The average molecular weight is 484 g/mol. The molecule has 1 heterocycles. The zero-order valence-corrected chi connectivity index (χ0v) is 17.8. The molecule has 1 aromatic heterocycles. The van der Waals surface area contributed by atoms with Crippen LogP contribution < -0.4 is 20.5 Å². The number of ether oxygens (including phenoxy) is 1. The number of carbonyl (C=O) groups excluding carboxylic acids is 3. The van der Waals surface area contributed by atoms with Crippen LogP contribution in [0.1, 0.15) is 26.5 Å². The van der Waals surface area contributed by atoms with Gasteiger partial charge in [0.2, 0.25) is 0 Å². The molecule has 31 heavy (non-hydrogen) atoms. The minimum Gasteiger partial charge on any atom is -0.545 e. The lowest BCUT2D eigenvalue weighted by Gasteiger charge is -2.12. The Hall–Kier alpha value is -3.85. The predicted molar refractivity (Wildman–Crippen MR) is 114 cm³/mol. The maximum absolute atomic E-state index is 12.9. The van der Waals surface area contributed by atoms with Gasteiger partial charge in [0.1, 0.15) is 11.4 Å². The van der Waals surface area contributed by atoms with Gasteiger partial charge in [0, 0.05) is 5.69 Å². The van der Waals surface area contributed by atoms with Gasteiger partial charge in [-0.05, 0) is 69.5 Å². The van der Waals surface area contributed by atoms with Gasteiger partial charge in [-0.1, -0.05) is 24.3 Å². The third kappa shape index (κ3) is 5.83. The van der Waals surface area contributed by atoms with Crippen molar-refractivity contribution in [2.75, 3.05) is 12.4 Å². The summed E-state index contributed by atoms with van der Waals surface area (Å²) in [6.07, 6.45) is 1.47. The summed E-state index contributed by atoms with van der Waals surface area (Å²) >= 11 is 3.12. The Labute approximate surface area is 185 Å². The summed E-state index contributed by atoms with van der Waals surface area (Å²) in [6.45, 7) is 0. The van der Waals surface area contributed by atoms with Crippen molar-refractivity contribution >= 4 is 45.5 Å². The van der Waals surface area contributed by atoms with E-state index in [0.29, 0.717) is 16.0 Å². The zero-order chi connectivity index (χ0) is 22.4. The monoisotopic (exact) mass is 483 g/mol. The highest BCUT2D eigenvalue weighted by Gasteiger charge is 2.17. The van der Waals surface area contributed by atoms with Gasteiger partial charge in [-0.25, -0.2) is 0 Å². The van der Waals surface area contributed by atoms with Crippen LogP contribution >= 0.6 is 15.9 Å². The number of benzene rings is 2. The van der Waals surface area contributed by atoms with Gasteiger partial charge in [-0.2, -0.15) is 0 Å². The number of methoxy groups -OCH3 is 1. The molecule has 8 nitrogen and oxygen atoms in total. The topological polar surface area (TPSA) is 121 Å². The summed E-state index contributed by atoms with van der Waals surface area (Å²) < 4.78 is 10.7. The number of aromatic carboxylic acids is 1.